The zero-order valence-corrected chi connectivity index (χ0v) is 8.94. The number of hydrogen-bond donors (Lipinski definition) is 0. The third kappa shape index (κ3) is 1.47. The number of aromatic nitrogens is 1. The van der Waals surface area contributed by atoms with Crippen molar-refractivity contribution in [2.75, 3.05) is 0 Å². The van der Waals surface area contributed by atoms with Crippen molar-refractivity contribution < 1.29 is 0 Å². The molecule has 1 fully saturated rings. The van der Waals surface area contributed by atoms with Gasteiger partial charge in [-0.2, -0.15) is 0 Å². The Morgan fingerprint density at radius 3 is 2.21 bits per heavy atom. The van der Waals surface area contributed by atoms with Gasteiger partial charge in [0.15, 0.2) is 0 Å². The van der Waals surface area contributed by atoms with Crippen molar-refractivity contribution in [3.63, 3.8) is 0 Å². The summed E-state index contributed by atoms with van der Waals surface area (Å²) < 4.78 is 0. The molecule has 1 heterocycles. The van der Waals surface area contributed by atoms with Crippen molar-refractivity contribution in [1.82, 2.24) is 4.98 Å². The van der Waals surface area contributed by atoms with Crippen LogP contribution in [0.1, 0.15) is 24.8 Å². The first kappa shape index (κ1) is 9.76. The maximum Gasteiger partial charge on any atom is 0.257 e. The molecule has 1 aliphatic carbocycles. The van der Waals surface area contributed by atoms with Gasteiger partial charge in [0.25, 0.3) is 5.54 Å². The number of hydrogen-bond acceptors (Lipinski definition) is 1. The summed E-state index contributed by atoms with van der Waals surface area (Å²) in [4.78, 5) is 7.55. The standard InChI is InChI=1S/C10H8Cl2N2/c1-13-10(3-2-4-10)7-5-8(11)14-9(12)6-7/h5-6H,2-4H2. The Balaban J connectivity index is 2.46. The Morgan fingerprint density at radius 1 is 1.29 bits per heavy atom. The fraction of sp³-hybridized carbons (Fsp3) is 0.400. The molecular weight excluding hydrogens is 219 g/mol. The molecule has 72 valence electrons. The maximum atomic E-state index is 7.20. The van der Waals surface area contributed by atoms with E-state index < -0.39 is 0 Å². The molecule has 0 spiro atoms. The second-order valence-corrected chi connectivity index (χ2v) is 4.27. The summed E-state index contributed by atoms with van der Waals surface area (Å²) in [5, 5.41) is 0.727. The van der Waals surface area contributed by atoms with Crippen molar-refractivity contribution in [2.45, 2.75) is 24.8 Å². The van der Waals surface area contributed by atoms with Crippen molar-refractivity contribution in [3.05, 3.63) is 39.4 Å². The molecule has 1 saturated carbocycles. The first-order valence-electron chi connectivity index (χ1n) is 4.38. The molecule has 0 amide bonds. The number of nitrogens with zero attached hydrogens (tertiary/aromatic N) is 2. The largest absolute Gasteiger partial charge is 0.305 e. The van der Waals surface area contributed by atoms with E-state index in [0.29, 0.717) is 10.3 Å². The van der Waals surface area contributed by atoms with Gasteiger partial charge in [-0.3, -0.25) is 0 Å². The first-order chi connectivity index (χ1) is 6.66. The zero-order chi connectivity index (χ0) is 10.2. The summed E-state index contributed by atoms with van der Waals surface area (Å²) in [7, 11) is 0. The average Bonchev–Trinajstić information content (AvgIpc) is 2.01. The van der Waals surface area contributed by atoms with Crippen LogP contribution in [0.15, 0.2) is 12.1 Å². The summed E-state index contributed by atoms with van der Waals surface area (Å²) >= 11 is 11.6. The van der Waals surface area contributed by atoms with Crippen molar-refractivity contribution in [1.29, 1.82) is 0 Å². The Hall–Kier alpha value is -0.780. The van der Waals surface area contributed by atoms with Crippen LogP contribution in [-0.2, 0) is 5.54 Å². The van der Waals surface area contributed by atoms with E-state index in [2.05, 4.69) is 9.83 Å². The normalized spacial score (nSPS) is 18.4. The van der Waals surface area contributed by atoms with Gasteiger partial charge in [-0.25, -0.2) is 11.6 Å². The first-order valence-corrected chi connectivity index (χ1v) is 5.14. The Bertz CT molecular complexity index is 385. The van der Waals surface area contributed by atoms with Crippen LogP contribution in [0.4, 0.5) is 0 Å². The fourth-order valence-corrected chi connectivity index (χ4v) is 2.17. The van der Waals surface area contributed by atoms with E-state index in [-0.39, 0.29) is 5.54 Å². The lowest BCUT2D eigenvalue weighted by Gasteiger charge is -2.30. The molecule has 0 unspecified atom stereocenters. The monoisotopic (exact) mass is 226 g/mol. The average molecular weight is 227 g/mol. The quantitative estimate of drug-likeness (QED) is 0.528. The molecule has 1 aliphatic rings. The maximum absolute atomic E-state index is 7.20. The lowest BCUT2D eigenvalue weighted by atomic mass is 9.73. The molecule has 0 aliphatic heterocycles. The summed E-state index contributed by atoms with van der Waals surface area (Å²) in [6.07, 6.45) is 2.89. The molecule has 0 atom stereocenters. The van der Waals surface area contributed by atoms with Crippen LogP contribution in [0.3, 0.4) is 0 Å². The van der Waals surface area contributed by atoms with Crippen molar-refractivity contribution in [3.8, 4) is 0 Å². The second kappa shape index (κ2) is 3.42. The van der Waals surface area contributed by atoms with Crippen LogP contribution in [0.25, 0.3) is 4.85 Å². The van der Waals surface area contributed by atoms with E-state index in [1.165, 1.54) is 0 Å². The van der Waals surface area contributed by atoms with Crippen LogP contribution in [0, 0.1) is 6.57 Å². The van der Waals surface area contributed by atoms with Gasteiger partial charge in [-0.15, -0.1) is 0 Å². The molecule has 0 N–H and O–H groups in total. The fourth-order valence-electron chi connectivity index (χ4n) is 1.71. The molecule has 0 saturated heterocycles. The number of halogens is 2. The van der Waals surface area contributed by atoms with Gasteiger partial charge in [0.05, 0.1) is 0 Å². The van der Waals surface area contributed by atoms with E-state index in [4.69, 9.17) is 29.8 Å². The minimum absolute atomic E-state index is 0.363. The van der Waals surface area contributed by atoms with E-state index in [1.54, 1.807) is 12.1 Å². The van der Waals surface area contributed by atoms with Gasteiger partial charge < -0.3 is 4.85 Å². The molecule has 0 aromatic carbocycles. The van der Waals surface area contributed by atoms with E-state index in [0.717, 1.165) is 24.8 Å². The van der Waals surface area contributed by atoms with E-state index >= 15 is 0 Å². The number of pyridine rings is 1. The summed E-state index contributed by atoms with van der Waals surface area (Å²) in [6, 6.07) is 3.48. The third-order valence-electron chi connectivity index (χ3n) is 2.69. The SMILES string of the molecule is [C-]#[N+]C1(c2cc(Cl)nc(Cl)c2)CCC1. The van der Waals surface area contributed by atoms with Crippen LogP contribution in [0.2, 0.25) is 10.3 Å². The minimum atomic E-state index is -0.379. The molecule has 1 aromatic heterocycles. The summed E-state index contributed by atoms with van der Waals surface area (Å²) in [5.41, 5.74) is 0.528. The second-order valence-electron chi connectivity index (χ2n) is 3.50. The van der Waals surface area contributed by atoms with Crippen LogP contribution >= 0.6 is 23.2 Å². The lowest BCUT2D eigenvalue weighted by Crippen LogP contribution is -2.30. The van der Waals surface area contributed by atoms with Crippen molar-refractivity contribution in [2.24, 2.45) is 0 Å². The van der Waals surface area contributed by atoms with Crippen LogP contribution in [-0.4, -0.2) is 4.98 Å². The van der Waals surface area contributed by atoms with Gasteiger partial charge in [0.1, 0.15) is 10.3 Å². The molecular formula is C10H8Cl2N2. The van der Waals surface area contributed by atoms with Gasteiger partial charge in [0, 0.05) is 18.4 Å². The van der Waals surface area contributed by atoms with E-state index in [9.17, 15) is 0 Å². The van der Waals surface area contributed by atoms with E-state index in [1.807, 2.05) is 0 Å². The zero-order valence-electron chi connectivity index (χ0n) is 7.43. The predicted molar refractivity (Wildman–Crippen MR) is 56.4 cm³/mol. The topological polar surface area (TPSA) is 17.2 Å². The molecule has 0 bridgehead atoms. The Labute approximate surface area is 92.7 Å². The Kier molecular flexibility index (Phi) is 2.38. The molecule has 2 rings (SSSR count). The highest BCUT2D eigenvalue weighted by molar-refractivity contribution is 6.32. The smallest absolute Gasteiger partial charge is 0.257 e. The number of rotatable bonds is 1. The highest BCUT2D eigenvalue weighted by Gasteiger charge is 2.46. The highest BCUT2D eigenvalue weighted by atomic mass is 35.5. The molecule has 0 radical (unpaired) electrons. The minimum Gasteiger partial charge on any atom is -0.305 e. The van der Waals surface area contributed by atoms with Gasteiger partial charge in [-0.05, 0) is 18.6 Å². The molecule has 2 nitrogen and oxygen atoms in total. The predicted octanol–water partition coefficient (Wildman–Crippen LogP) is 3.69. The van der Waals surface area contributed by atoms with Gasteiger partial charge in [0.2, 0.25) is 0 Å². The van der Waals surface area contributed by atoms with Gasteiger partial charge >= 0.3 is 0 Å². The summed E-state index contributed by atoms with van der Waals surface area (Å²) in [5.74, 6) is 0. The van der Waals surface area contributed by atoms with Gasteiger partial charge in [-0.1, -0.05) is 23.2 Å². The highest BCUT2D eigenvalue weighted by Crippen LogP contribution is 2.45. The van der Waals surface area contributed by atoms with Crippen LogP contribution < -0.4 is 0 Å². The van der Waals surface area contributed by atoms with Crippen molar-refractivity contribution >= 4 is 23.2 Å². The molecule has 1 aromatic rings. The lowest BCUT2D eigenvalue weighted by molar-refractivity contribution is 0.310. The van der Waals surface area contributed by atoms with Crippen LogP contribution in [0.5, 0.6) is 0 Å². The summed E-state index contributed by atoms with van der Waals surface area (Å²) in [6.45, 7) is 7.20. The Morgan fingerprint density at radius 2 is 1.86 bits per heavy atom. The molecule has 4 heteroatoms. The molecule has 14 heavy (non-hydrogen) atoms. The third-order valence-corrected chi connectivity index (χ3v) is 3.08.